The first-order valence-corrected chi connectivity index (χ1v) is 7.10. The highest BCUT2D eigenvalue weighted by Crippen LogP contribution is 2.34. The summed E-state index contributed by atoms with van der Waals surface area (Å²) in [6.45, 7) is 2.53. The molecule has 1 spiro atoms. The Morgan fingerprint density at radius 1 is 1.30 bits per heavy atom. The zero-order chi connectivity index (χ0) is 14.0. The lowest BCUT2D eigenvalue weighted by atomic mass is 9.90. The molecule has 1 N–H and O–H groups in total. The van der Waals surface area contributed by atoms with Crippen LogP contribution in [0.4, 0.5) is 9.18 Å². The second-order valence-corrected chi connectivity index (χ2v) is 5.56. The fourth-order valence-corrected chi connectivity index (χ4v) is 3.10. The molecule has 1 aromatic carbocycles. The van der Waals surface area contributed by atoms with Crippen LogP contribution in [0, 0.1) is 5.82 Å². The molecule has 1 aromatic rings. The summed E-state index contributed by atoms with van der Waals surface area (Å²) >= 11 is 0. The quantitative estimate of drug-likeness (QED) is 0.902. The highest BCUT2D eigenvalue weighted by molar-refractivity contribution is 5.71. The van der Waals surface area contributed by atoms with Gasteiger partial charge in [0.2, 0.25) is 0 Å². The summed E-state index contributed by atoms with van der Waals surface area (Å²) in [5.41, 5.74) is 0.269. The molecule has 4 nitrogen and oxygen atoms in total. The first-order valence-electron chi connectivity index (χ1n) is 7.10. The van der Waals surface area contributed by atoms with E-state index in [4.69, 9.17) is 4.74 Å². The molecule has 0 aromatic heterocycles. The van der Waals surface area contributed by atoms with Gasteiger partial charge in [0.05, 0.1) is 12.1 Å². The van der Waals surface area contributed by atoms with E-state index in [-0.39, 0.29) is 24.0 Å². The van der Waals surface area contributed by atoms with Gasteiger partial charge in [-0.25, -0.2) is 9.18 Å². The highest BCUT2D eigenvalue weighted by Gasteiger charge is 2.47. The number of benzene rings is 1. The van der Waals surface area contributed by atoms with Gasteiger partial charge in [0.25, 0.3) is 0 Å². The number of carbonyl (C=O) groups is 1. The van der Waals surface area contributed by atoms with Gasteiger partial charge in [-0.05, 0) is 38.4 Å². The minimum Gasteiger partial charge on any atom is -0.447 e. The lowest BCUT2D eigenvalue weighted by molar-refractivity contribution is 0.136. The third kappa shape index (κ3) is 2.38. The van der Waals surface area contributed by atoms with Crippen molar-refractivity contribution in [3.05, 3.63) is 35.6 Å². The normalized spacial score (nSPS) is 26.6. The first kappa shape index (κ1) is 13.4. The van der Waals surface area contributed by atoms with Crippen molar-refractivity contribution in [2.45, 2.75) is 31.3 Å². The Balaban J connectivity index is 1.85. The van der Waals surface area contributed by atoms with E-state index in [0.29, 0.717) is 12.2 Å². The average Bonchev–Trinajstić information content (AvgIpc) is 2.65. The third-order valence-electron chi connectivity index (χ3n) is 4.31. The number of ether oxygens (including phenoxy) is 1. The van der Waals surface area contributed by atoms with Crippen LogP contribution in [0.5, 0.6) is 0 Å². The van der Waals surface area contributed by atoms with Crippen LogP contribution in [0.3, 0.4) is 0 Å². The molecule has 3 rings (SSSR count). The minimum atomic E-state index is -0.324. The highest BCUT2D eigenvalue weighted by atomic mass is 19.1. The van der Waals surface area contributed by atoms with Gasteiger partial charge in [0.1, 0.15) is 12.4 Å². The van der Waals surface area contributed by atoms with Crippen molar-refractivity contribution in [1.82, 2.24) is 10.2 Å². The molecule has 108 valence electrons. The zero-order valence-corrected chi connectivity index (χ0v) is 11.4. The molecule has 2 aliphatic heterocycles. The van der Waals surface area contributed by atoms with Gasteiger partial charge in [-0.1, -0.05) is 18.2 Å². The summed E-state index contributed by atoms with van der Waals surface area (Å²) < 4.78 is 19.1. The van der Waals surface area contributed by atoms with E-state index in [1.165, 1.54) is 6.07 Å². The SMILES string of the molecule is O=C1OCC2(CCCNCC2)N1Cc1ccccc1F. The van der Waals surface area contributed by atoms with E-state index in [1.54, 1.807) is 23.1 Å². The third-order valence-corrected chi connectivity index (χ3v) is 4.31. The summed E-state index contributed by atoms with van der Waals surface area (Å²) in [5.74, 6) is -0.269. The van der Waals surface area contributed by atoms with Crippen molar-refractivity contribution in [2.24, 2.45) is 0 Å². The van der Waals surface area contributed by atoms with Crippen LogP contribution in [0.15, 0.2) is 24.3 Å². The van der Waals surface area contributed by atoms with Crippen LogP contribution in [0.25, 0.3) is 0 Å². The molecule has 1 unspecified atom stereocenters. The maximum absolute atomic E-state index is 13.8. The lowest BCUT2D eigenvalue weighted by Crippen LogP contribution is -2.47. The second kappa shape index (κ2) is 5.40. The molecule has 2 saturated heterocycles. The van der Waals surface area contributed by atoms with Crippen LogP contribution in [0.1, 0.15) is 24.8 Å². The molecule has 0 bridgehead atoms. The summed E-state index contributed by atoms with van der Waals surface area (Å²) in [6, 6.07) is 6.61. The van der Waals surface area contributed by atoms with Crippen LogP contribution < -0.4 is 5.32 Å². The molecular formula is C15H19FN2O2. The topological polar surface area (TPSA) is 41.6 Å². The molecule has 1 amide bonds. The van der Waals surface area contributed by atoms with E-state index in [1.807, 2.05) is 0 Å². The number of hydrogen-bond acceptors (Lipinski definition) is 3. The van der Waals surface area contributed by atoms with Crippen molar-refractivity contribution in [3.63, 3.8) is 0 Å². The number of nitrogens with zero attached hydrogens (tertiary/aromatic N) is 1. The number of rotatable bonds is 2. The number of halogens is 1. The van der Waals surface area contributed by atoms with Gasteiger partial charge < -0.3 is 10.1 Å². The van der Waals surface area contributed by atoms with Gasteiger partial charge in [0.15, 0.2) is 0 Å². The lowest BCUT2D eigenvalue weighted by Gasteiger charge is -2.34. The van der Waals surface area contributed by atoms with Crippen LogP contribution in [-0.4, -0.2) is 36.2 Å². The Bertz CT molecular complexity index is 498. The zero-order valence-electron chi connectivity index (χ0n) is 11.4. The summed E-state index contributed by atoms with van der Waals surface area (Å²) in [6.07, 6.45) is 2.44. The molecule has 20 heavy (non-hydrogen) atoms. The maximum atomic E-state index is 13.8. The van der Waals surface area contributed by atoms with E-state index < -0.39 is 0 Å². The van der Waals surface area contributed by atoms with Crippen LogP contribution in [-0.2, 0) is 11.3 Å². The fraction of sp³-hybridized carbons (Fsp3) is 0.533. The summed E-state index contributed by atoms with van der Waals surface area (Å²) in [4.78, 5) is 13.8. The number of hydrogen-bond donors (Lipinski definition) is 1. The van der Waals surface area contributed by atoms with E-state index in [9.17, 15) is 9.18 Å². The molecule has 2 aliphatic rings. The second-order valence-electron chi connectivity index (χ2n) is 5.56. The van der Waals surface area contributed by atoms with Crippen molar-refractivity contribution < 1.29 is 13.9 Å². The Morgan fingerprint density at radius 3 is 3.00 bits per heavy atom. The van der Waals surface area contributed by atoms with Crippen LogP contribution >= 0.6 is 0 Å². The number of carbonyl (C=O) groups excluding carboxylic acids is 1. The molecule has 0 radical (unpaired) electrons. The summed E-state index contributed by atoms with van der Waals surface area (Å²) in [7, 11) is 0. The van der Waals surface area contributed by atoms with Gasteiger partial charge in [-0.3, -0.25) is 4.90 Å². The molecule has 0 aliphatic carbocycles. The van der Waals surface area contributed by atoms with Crippen molar-refractivity contribution in [3.8, 4) is 0 Å². The van der Waals surface area contributed by atoms with Crippen molar-refractivity contribution >= 4 is 6.09 Å². The largest absolute Gasteiger partial charge is 0.447 e. The maximum Gasteiger partial charge on any atom is 0.410 e. The molecule has 2 fully saturated rings. The predicted octanol–water partition coefficient (Wildman–Crippen LogP) is 2.29. The summed E-state index contributed by atoms with van der Waals surface area (Å²) in [5, 5.41) is 3.34. The Hall–Kier alpha value is -1.62. The molecule has 5 heteroatoms. The van der Waals surface area contributed by atoms with Crippen molar-refractivity contribution in [2.75, 3.05) is 19.7 Å². The van der Waals surface area contributed by atoms with Gasteiger partial charge in [-0.2, -0.15) is 0 Å². The smallest absolute Gasteiger partial charge is 0.410 e. The minimum absolute atomic E-state index is 0.269. The number of nitrogens with one attached hydrogen (secondary N) is 1. The first-order chi connectivity index (χ1) is 9.71. The number of cyclic esters (lactones) is 1. The van der Waals surface area contributed by atoms with E-state index >= 15 is 0 Å². The predicted molar refractivity (Wildman–Crippen MR) is 72.7 cm³/mol. The fourth-order valence-electron chi connectivity index (χ4n) is 3.10. The molecular weight excluding hydrogens is 259 g/mol. The van der Waals surface area contributed by atoms with Gasteiger partial charge in [-0.15, -0.1) is 0 Å². The van der Waals surface area contributed by atoms with Gasteiger partial charge in [0, 0.05) is 5.56 Å². The van der Waals surface area contributed by atoms with E-state index in [0.717, 1.165) is 32.4 Å². The molecule has 1 atom stereocenters. The van der Waals surface area contributed by atoms with Gasteiger partial charge >= 0.3 is 6.09 Å². The van der Waals surface area contributed by atoms with Crippen molar-refractivity contribution in [1.29, 1.82) is 0 Å². The molecule has 0 saturated carbocycles. The van der Waals surface area contributed by atoms with E-state index in [2.05, 4.69) is 5.32 Å². The Morgan fingerprint density at radius 2 is 2.15 bits per heavy atom. The van der Waals surface area contributed by atoms with Crippen LogP contribution in [0.2, 0.25) is 0 Å². The Kier molecular flexibility index (Phi) is 3.61. The standard InChI is InChI=1S/C15H19FN2O2/c16-13-5-2-1-4-12(13)10-18-14(19)20-11-15(18)6-3-8-17-9-7-15/h1-2,4-5,17H,3,6-11H2. The average molecular weight is 278 g/mol. The number of amides is 1. The molecule has 2 heterocycles. The monoisotopic (exact) mass is 278 g/mol. The Labute approximate surface area is 117 Å².